The summed E-state index contributed by atoms with van der Waals surface area (Å²) in [7, 11) is 5.40. The summed E-state index contributed by atoms with van der Waals surface area (Å²) in [4.78, 5) is 40.4. The zero-order valence-electron chi connectivity index (χ0n) is 22.6. The largest absolute Gasteiger partial charge is 0.504 e. The van der Waals surface area contributed by atoms with E-state index in [1.807, 2.05) is 0 Å². The second kappa shape index (κ2) is 8.46. The Bertz CT molecular complexity index is 2030. The molecule has 0 bridgehead atoms. The normalized spacial score (nSPS) is 17.3. The van der Waals surface area contributed by atoms with E-state index in [-0.39, 0.29) is 55.9 Å². The first-order valence-electron chi connectivity index (χ1n) is 12.5. The van der Waals surface area contributed by atoms with E-state index in [4.69, 9.17) is 18.9 Å². The molecular formula is C30H26O10. The Morgan fingerprint density at radius 3 is 1.50 bits per heavy atom. The van der Waals surface area contributed by atoms with Gasteiger partial charge < -0.3 is 34.3 Å². The van der Waals surface area contributed by atoms with Crippen LogP contribution in [0.25, 0.3) is 43.1 Å². The Labute approximate surface area is 226 Å². The number of aromatic hydroxyl groups is 2. The number of methoxy groups -OCH3 is 4. The SMILES string of the molecule is COc1c(O)c2c(=O)cc(OC)c3c4c(OC)cc(=O)c5c(O)c(OC)c6c(c(c1[C@@H]([C@H](C)O)[C@@H]6C(C)=O)c23)c54. The molecule has 3 atom stereocenters. The standard InChI is InChI=1S/C30H26O10/c1-9(31)15-16(10(2)32)26-24-22-18(28(36)30(26)40-6)12(34)8-14(38-4)20(22)19-13(37-3)7-11(33)17-21(19)23(24)25(15)29(39-5)27(17)35/h7-9,15-16,31,35-36H,1-6H3/t9-,15-,16-/m0/s1. The number of carbonyl (C=O) groups is 1. The van der Waals surface area contributed by atoms with Gasteiger partial charge in [-0.2, -0.15) is 0 Å². The van der Waals surface area contributed by atoms with Gasteiger partial charge in [-0.3, -0.25) is 14.4 Å². The summed E-state index contributed by atoms with van der Waals surface area (Å²) in [5, 5.41) is 36.0. The van der Waals surface area contributed by atoms with Crippen LogP contribution in [0.4, 0.5) is 0 Å². The van der Waals surface area contributed by atoms with Gasteiger partial charge in [-0.25, -0.2) is 0 Å². The van der Waals surface area contributed by atoms with Crippen molar-refractivity contribution >= 4 is 48.9 Å². The number of hydrogen-bond donors (Lipinski definition) is 3. The maximum Gasteiger partial charge on any atom is 0.194 e. The first kappa shape index (κ1) is 25.7. The lowest BCUT2D eigenvalue weighted by atomic mass is 9.67. The highest BCUT2D eigenvalue weighted by Gasteiger charge is 2.46. The van der Waals surface area contributed by atoms with Crippen LogP contribution in [0.5, 0.6) is 34.5 Å². The van der Waals surface area contributed by atoms with Crippen molar-refractivity contribution in [3.8, 4) is 34.5 Å². The summed E-state index contributed by atoms with van der Waals surface area (Å²) in [5.74, 6) is -3.22. The number of phenolic OH excluding ortho intramolecular Hbond substituents is 2. The van der Waals surface area contributed by atoms with Crippen molar-refractivity contribution in [2.75, 3.05) is 28.4 Å². The molecule has 40 heavy (non-hydrogen) atoms. The van der Waals surface area contributed by atoms with Crippen LogP contribution >= 0.6 is 0 Å². The molecule has 0 aliphatic heterocycles. The van der Waals surface area contributed by atoms with Crippen molar-refractivity contribution in [3.63, 3.8) is 0 Å². The molecule has 0 saturated carbocycles. The van der Waals surface area contributed by atoms with Crippen LogP contribution in [0.2, 0.25) is 0 Å². The van der Waals surface area contributed by atoms with Crippen LogP contribution in [0, 0.1) is 0 Å². The van der Waals surface area contributed by atoms with Gasteiger partial charge in [0.05, 0.1) is 51.2 Å². The lowest BCUT2D eigenvalue weighted by Gasteiger charge is -2.37. The summed E-state index contributed by atoms with van der Waals surface area (Å²) >= 11 is 0. The predicted octanol–water partition coefficient (Wildman–Crippen LogP) is 3.49. The number of phenols is 2. The molecule has 3 N–H and O–H groups in total. The average molecular weight is 547 g/mol. The number of Topliss-reactive ketones (excluding diaryl/α,β-unsaturated/α-hetero) is 1. The van der Waals surface area contributed by atoms with Crippen LogP contribution < -0.4 is 29.8 Å². The third kappa shape index (κ3) is 2.83. The predicted molar refractivity (Wildman–Crippen MR) is 149 cm³/mol. The van der Waals surface area contributed by atoms with E-state index < -0.39 is 40.3 Å². The van der Waals surface area contributed by atoms with Gasteiger partial charge in [0.1, 0.15) is 17.3 Å². The molecular weight excluding hydrogens is 520 g/mol. The highest BCUT2D eigenvalue weighted by molar-refractivity contribution is 6.39. The number of fused-ring (bicyclic) bond motifs is 1. The fourth-order valence-corrected chi connectivity index (χ4v) is 6.91. The Morgan fingerprint density at radius 1 is 0.700 bits per heavy atom. The van der Waals surface area contributed by atoms with Crippen molar-refractivity contribution in [2.24, 2.45) is 0 Å². The van der Waals surface area contributed by atoms with Crippen LogP contribution in [0.3, 0.4) is 0 Å². The van der Waals surface area contributed by atoms with Gasteiger partial charge in [0.2, 0.25) is 0 Å². The minimum absolute atomic E-state index is 0.0675. The van der Waals surface area contributed by atoms with Crippen molar-refractivity contribution in [1.29, 1.82) is 0 Å². The Morgan fingerprint density at radius 2 is 1.12 bits per heavy atom. The van der Waals surface area contributed by atoms with Crippen molar-refractivity contribution in [3.05, 3.63) is 43.7 Å². The van der Waals surface area contributed by atoms with E-state index in [1.165, 1.54) is 54.4 Å². The number of carbonyl (C=O) groups excluding carboxylic acids is 1. The fourth-order valence-electron chi connectivity index (χ4n) is 6.91. The molecule has 206 valence electrons. The first-order chi connectivity index (χ1) is 19.0. The molecule has 0 fully saturated rings. The minimum Gasteiger partial charge on any atom is -0.504 e. The van der Waals surface area contributed by atoms with E-state index in [1.54, 1.807) is 0 Å². The maximum absolute atomic E-state index is 13.5. The van der Waals surface area contributed by atoms with Gasteiger partial charge >= 0.3 is 0 Å². The number of hydrogen-bond acceptors (Lipinski definition) is 10. The van der Waals surface area contributed by atoms with E-state index in [2.05, 4.69) is 0 Å². The number of aliphatic hydroxyl groups is 1. The maximum atomic E-state index is 13.5. The highest BCUT2D eigenvalue weighted by atomic mass is 16.5. The van der Waals surface area contributed by atoms with Crippen LogP contribution in [-0.2, 0) is 4.79 Å². The molecule has 6 rings (SSSR count). The summed E-state index contributed by atoms with van der Waals surface area (Å²) in [5.41, 5.74) is -0.568. The molecule has 5 aromatic rings. The second-order valence-corrected chi connectivity index (χ2v) is 10.1. The topological polar surface area (TPSA) is 149 Å². The molecule has 10 nitrogen and oxygen atoms in total. The van der Waals surface area contributed by atoms with Crippen molar-refractivity contribution in [1.82, 2.24) is 0 Å². The molecule has 1 aliphatic rings. The number of ether oxygens (including phenoxy) is 4. The van der Waals surface area contributed by atoms with E-state index in [0.717, 1.165) is 0 Å². The van der Waals surface area contributed by atoms with Gasteiger partial charge in [-0.1, -0.05) is 0 Å². The third-order valence-electron chi connectivity index (χ3n) is 8.25. The van der Waals surface area contributed by atoms with Crippen LogP contribution in [0.15, 0.2) is 21.7 Å². The smallest absolute Gasteiger partial charge is 0.194 e. The minimum atomic E-state index is -1.16. The molecule has 0 radical (unpaired) electrons. The Balaban J connectivity index is 2.19. The summed E-state index contributed by atoms with van der Waals surface area (Å²) < 4.78 is 22.6. The summed E-state index contributed by atoms with van der Waals surface area (Å²) in [6.45, 7) is 2.86. The zero-order valence-corrected chi connectivity index (χ0v) is 22.6. The van der Waals surface area contributed by atoms with Gasteiger partial charge in [-0.15, -0.1) is 0 Å². The summed E-state index contributed by atoms with van der Waals surface area (Å²) in [6.07, 6.45) is -1.16. The molecule has 10 heteroatoms. The van der Waals surface area contributed by atoms with Gasteiger partial charge in [-0.05, 0) is 24.6 Å². The van der Waals surface area contributed by atoms with E-state index in [0.29, 0.717) is 27.1 Å². The summed E-state index contributed by atoms with van der Waals surface area (Å²) in [6, 6.07) is 2.45. The third-order valence-corrected chi connectivity index (χ3v) is 8.25. The Hall–Kier alpha value is -4.57. The zero-order chi connectivity index (χ0) is 28.9. The fraction of sp³-hybridized carbons (Fsp3) is 0.300. The van der Waals surface area contributed by atoms with E-state index >= 15 is 0 Å². The molecule has 0 unspecified atom stereocenters. The molecule has 0 aromatic heterocycles. The van der Waals surface area contributed by atoms with Crippen molar-refractivity contribution in [2.45, 2.75) is 31.8 Å². The molecule has 5 aromatic carbocycles. The number of rotatable bonds is 6. The monoisotopic (exact) mass is 546 g/mol. The number of aliphatic hydroxyl groups excluding tert-OH is 1. The molecule has 0 spiro atoms. The molecule has 0 amide bonds. The number of ketones is 1. The lowest BCUT2D eigenvalue weighted by molar-refractivity contribution is -0.119. The van der Waals surface area contributed by atoms with E-state index in [9.17, 15) is 29.7 Å². The first-order valence-corrected chi connectivity index (χ1v) is 12.5. The van der Waals surface area contributed by atoms with Crippen LogP contribution in [0.1, 0.15) is 36.8 Å². The average Bonchev–Trinajstić information content (AvgIpc) is 2.91. The quantitative estimate of drug-likeness (QED) is 0.213. The van der Waals surface area contributed by atoms with Crippen LogP contribution in [-0.4, -0.2) is 55.6 Å². The molecule has 0 heterocycles. The van der Waals surface area contributed by atoms with Crippen molar-refractivity contribution < 1.29 is 39.1 Å². The highest BCUT2D eigenvalue weighted by Crippen LogP contribution is 2.62. The molecule has 1 aliphatic carbocycles. The number of benzene rings is 5. The second-order valence-electron chi connectivity index (χ2n) is 10.1. The lowest BCUT2D eigenvalue weighted by Crippen LogP contribution is -2.30. The van der Waals surface area contributed by atoms with Gasteiger partial charge in [0.25, 0.3) is 0 Å². The van der Waals surface area contributed by atoms with Gasteiger partial charge in [0.15, 0.2) is 33.9 Å². The van der Waals surface area contributed by atoms with Gasteiger partial charge in [0, 0.05) is 50.7 Å². The Kier molecular flexibility index (Phi) is 5.44. The molecule has 0 saturated heterocycles.